The molecule has 0 saturated heterocycles. The van der Waals surface area contributed by atoms with Crippen molar-refractivity contribution in [2.45, 2.75) is 20.8 Å². The van der Waals surface area contributed by atoms with E-state index in [2.05, 4.69) is 16.0 Å². The maximum absolute atomic E-state index is 5.84. The largest absolute Gasteiger partial charge is 0.383 e. The lowest BCUT2D eigenvalue weighted by molar-refractivity contribution is 1.09. The van der Waals surface area contributed by atoms with Gasteiger partial charge in [0.2, 0.25) is 0 Å². The minimum atomic E-state index is 0.569. The lowest BCUT2D eigenvalue weighted by atomic mass is 10.1. The molecule has 0 aliphatic heterocycles. The Morgan fingerprint density at radius 3 is 2.50 bits per heavy atom. The van der Waals surface area contributed by atoms with Gasteiger partial charge in [-0.05, 0) is 38.0 Å². The molecular formula is C11H13N3. The Labute approximate surface area is 83.0 Å². The smallest absolute Gasteiger partial charge is 0.135 e. The second-order valence-corrected chi connectivity index (χ2v) is 3.63. The van der Waals surface area contributed by atoms with Crippen molar-refractivity contribution in [2.24, 2.45) is 0 Å². The Kier molecular flexibility index (Phi) is 1.88. The van der Waals surface area contributed by atoms with Gasteiger partial charge in [0, 0.05) is 5.39 Å². The van der Waals surface area contributed by atoms with E-state index in [1.165, 1.54) is 5.56 Å². The van der Waals surface area contributed by atoms with Crippen LogP contribution in [0.5, 0.6) is 0 Å². The van der Waals surface area contributed by atoms with Crippen molar-refractivity contribution in [2.75, 3.05) is 5.73 Å². The molecule has 0 bridgehead atoms. The van der Waals surface area contributed by atoms with Gasteiger partial charge in [0.15, 0.2) is 0 Å². The summed E-state index contributed by atoms with van der Waals surface area (Å²) in [5.74, 6) is 1.29. The molecule has 0 fully saturated rings. The molecule has 1 aromatic heterocycles. The van der Waals surface area contributed by atoms with Gasteiger partial charge in [0.1, 0.15) is 11.6 Å². The summed E-state index contributed by atoms with van der Waals surface area (Å²) in [6, 6.07) is 4.13. The van der Waals surface area contributed by atoms with Gasteiger partial charge in [-0.25, -0.2) is 9.97 Å². The van der Waals surface area contributed by atoms with E-state index in [4.69, 9.17) is 5.73 Å². The third-order valence-electron chi connectivity index (χ3n) is 2.28. The van der Waals surface area contributed by atoms with E-state index >= 15 is 0 Å². The third kappa shape index (κ3) is 1.31. The lowest BCUT2D eigenvalue weighted by Crippen LogP contribution is -1.98. The quantitative estimate of drug-likeness (QED) is 0.687. The van der Waals surface area contributed by atoms with Crippen molar-refractivity contribution in [1.29, 1.82) is 0 Å². The van der Waals surface area contributed by atoms with Gasteiger partial charge in [0.25, 0.3) is 0 Å². The summed E-state index contributed by atoms with van der Waals surface area (Å²) in [4.78, 5) is 8.54. The Morgan fingerprint density at radius 2 is 1.79 bits per heavy atom. The minimum Gasteiger partial charge on any atom is -0.383 e. The average molecular weight is 187 g/mol. The summed E-state index contributed by atoms with van der Waals surface area (Å²) in [6.45, 7) is 5.95. The number of nitrogen functional groups attached to an aromatic ring is 1. The molecule has 0 aliphatic carbocycles. The van der Waals surface area contributed by atoms with Crippen molar-refractivity contribution in [1.82, 2.24) is 9.97 Å². The number of nitrogens with two attached hydrogens (primary N) is 1. The third-order valence-corrected chi connectivity index (χ3v) is 2.28. The van der Waals surface area contributed by atoms with E-state index in [0.29, 0.717) is 5.82 Å². The van der Waals surface area contributed by atoms with Crippen LogP contribution in [0.25, 0.3) is 10.9 Å². The summed E-state index contributed by atoms with van der Waals surface area (Å²) in [5, 5.41) is 0.952. The fourth-order valence-corrected chi connectivity index (χ4v) is 1.72. The summed E-state index contributed by atoms with van der Waals surface area (Å²) < 4.78 is 0. The summed E-state index contributed by atoms with van der Waals surface area (Å²) in [5.41, 5.74) is 9.14. The summed E-state index contributed by atoms with van der Waals surface area (Å²) >= 11 is 0. The predicted molar refractivity (Wildman–Crippen MR) is 58.2 cm³/mol. The zero-order chi connectivity index (χ0) is 10.3. The van der Waals surface area contributed by atoms with Crippen LogP contribution in [0.2, 0.25) is 0 Å². The van der Waals surface area contributed by atoms with Crippen LogP contribution in [0.15, 0.2) is 12.1 Å². The summed E-state index contributed by atoms with van der Waals surface area (Å²) in [7, 11) is 0. The molecule has 2 N–H and O–H groups in total. The van der Waals surface area contributed by atoms with E-state index in [9.17, 15) is 0 Å². The lowest BCUT2D eigenvalue weighted by Gasteiger charge is -2.06. The number of aryl methyl sites for hydroxylation is 3. The van der Waals surface area contributed by atoms with Crippen molar-refractivity contribution in [3.63, 3.8) is 0 Å². The zero-order valence-corrected chi connectivity index (χ0v) is 8.63. The highest BCUT2D eigenvalue weighted by atomic mass is 14.9. The van der Waals surface area contributed by atoms with E-state index in [-0.39, 0.29) is 0 Å². The molecule has 0 radical (unpaired) electrons. The van der Waals surface area contributed by atoms with Gasteiger partial charge in [-0.3, -0.25) is 0 Å². The molecule has 14 heavy (non-hydrogen) atoms. The highest BCUT2D eigenvalue weighted by Crippen LogP contribution is 2.22. The Bertz CT molecular complexity index is 456. The molecule has 0 saturated carbocycles. The van der Waals surface area contributed by atoms with Crippen LogP contribution in [0.3, 0.4) is 0 Å². The van der Waals surface area contributed by atoms with Gasteiger partial charge < -0.3 is 5.73 Å². The minimum absolute atomic E-state index is 0.569. The Hall–Kier alpha value is -1.64. The van der Waals surface area contributed by atoms with Crippen LogP contribution in [-0.4, -0.2) is 9.97 Å². The number of rotatable bonds is 0. The van der Waals surface area contributed by atoms with Crippen LogP contribution in [0, 0.1) is 20.8 Å². The molecular weight excluding hydrogens is 174 g/mol. The Morgan fingerprint density at radius 1 is 1.07 bits per heavy atom. The fraction of sp³-hybridized carbons (Fsp3) is 0.273. The van der Waals surface area contributed by atoms with Crippen LogP contribution < -0.4 is 5.73 Å². The second kappa shape index (κ2) is 2.94. The van der Waals surface area contributed by atoms with Crippen molar-refractivity contribution in [3.8, 4) is 0 Å². The van der Waals surface area contributed by atoms with Gasteiger partial charge >= 0.3 is 0 Å². The normalized spacial score (nSPS) is 10.8. The Balaban J connectivity index is 2.94. The summed E-state index contributed by atoms with van der Waals surface area (Å²) in [6.07, 6.45) is 0. The first-order chi connectivity index (χ1) is 6.58. The van der Waals surface area contributed by atoms with E-state index < -0.39 is 0 Å². The highest BCUT2D eigenvalue weighted by Gasteiger charge is 2.05. The van der Waals surface area contributed by atoms with Gasteiger partial charge in [-0.1, -0.05) is 6.07 Å². The monoisotopic (exact) mass is 187 g/mol. The highest BCUT2D eigenvalue weighted by molar-refractivity contribution is 5.90. The van der Waals surface area contributed by atoms with Gasteiger partial charge in [-0.15, -0.1) is 0 Å². The van der Waals surface area contributed by atoms with Crippen LogP contribution in [0.4, 0.5) is 5.82 Å². The molecule has 3 nitrogen and oxygen atoms in total. The molecule has 3 heteroatoms. The van der Waals surface area contributed by atoms with Crippen molar-refractivity contribution < 1.29 is 0 Å². The van der Waals surface area contributed by atoms with Gasteiger partial charge in [-0.2, -0.15) is 0 Å². The number of benzene rings is 1. The number of fused-ring (bicyclic) bond motifs is 1. The van der Waals surface area contributed by atoms with Gasteiger partial charge in [0.05, 0.1) is 5.52 Å². The first kappa shape index (κ1) is 8.94. The van der Waals surface area contributed by atoms with Crippen molar-refractivity contribution in [3.05, 3.63) is 29.1 Å². The molecule has 72 valence electrons. The van der Waals surface area contributed by atoms with Crippen LogP contribution >= 0.6 is 0 Å². The molecule has 0 aliphatic rings. The number of aromatic nitrogens is 2. The molecule has 1 aromatic carbocycles. The average Bonchev–Trinajstić information content (AvgIpc) is 2.07. The van der Waals surface area contributed by atoms with Crippen LogP contribution in [-0.2, 0) is 0 Å². The predicted octanol–water partition coefficient (Wildman–Crippen LogP) is 2.14. The van der Waals surface area contributed by atoms with E-state index in [0.717, 1.165) is 22.3 Å². The second-order valence-electron chi connectivity index (χ2n) is 3.63. The molecule has 0 unspecified atom stereocenters. The molecule has 0 atom stereocenters. The first-order valence-electron chi connectivity index (χ1n) is 4.59. The SMILES string of the molecule is Cc1cc(C)c2nc(C)nc(N)c2c1. The zero-order valence-electron chi connectivity index (χ0n) is 8.63. The maximum Gasteiger partial charge on any atom is 0.135 e. The number of hydrogen-bond acceptors (Lipinski definition) is 3. The van der Waals surface area contributed by atoms with Crippen LogP contribution in [0.1, 0.15) is 17.0 Å². The van der Waals surface area contributed by atoms with E-state index in [1.807, 2.05) is 26.8 Å². The number of nitrogens with zero attached hydrogens (tertiary/aromatic N) is 2. The maximum atomic E-state index is 5.84. The molecule has 0 amide bonds. The topological polar surface area (TPSA) is 51.8 Å². The fourth-order valence-electron chi connectivity index (χ4n) is 1.72. The standard InChI is InChI=1S/C11H13N3/c1-6-4-7(2)10-9(5-6)11(12)14-8(3)13-10/h4-5H,1-3H3,(H2,12,13,14). The molecule has 0 spiro atoms. The number of hydrogen-bond donors (Lipinski definition) is 1. The molecule has 2 aromatic rings. The molecule has 2 rings (SSSR count). The first-order valence-corrected chi connectivity index (χ1v) is 4.59. The van der Waals surface area contributed by atoms with E-state index in [1.54, 1.807) is 0 Å². The molecule has 1 heterocycles. The number of anilines is 1. The van der Waals surface area contributed by atoms with Crippen molar-refractivity contribution >= 4 is 16.7 Å².